The summed E-state index contributed by atoms with van der Waals surface area (Å²) in [6.45, 7) is 3.18. The van der Waals surface area contributed by atoms with Crippen LogP contribution in [0.1, 0.15) is 19.4 Å². The second-order valence-electron chi connectivity index (χ2n) is 4.97. The summed E-state index contributed by atoms with van der Waals surface area (Å²) in [6, 6.07) is 2.92. The van der Waals surface area contributed by atoms with Crippen LogP contribution in [-0.4, -0.2) is 15.9 Å². The number of hydrogen-bond acceptors (Lipinski definition) is 2. The first-order valence-electron chi connectivity index (χ1n) is 6.32. The second-order valence-corrected chi connectivity index (χ2v) is 7.78. The highest BCUT2D eigenvalue weighted by Crippen LogP contribution is 2.38. The van der Waals surface area contributed by atoms with Crippen LogP contribution in [0.3, 0.4) is 0 Å². The Morgan fingerprint density at radius 3 is 2.17 bits per heavy atom. The smallest absolute Gasteiger partial charge is 0.361 e. The van der Waals surface area contributed by atoms with Crippen molar-refractivity contribution in [3.63, 3.8) is 0 Å². The van der Waals surface area contributed by atoms with Gasteiger partial charge in [-0.15, -0.1) is 0 Å². The standard InChI is InChI=1S/C13H13Cl4F3N2O/c1-6(2)10(23)22-11(12(15,16)17)21-9-5-7(14)3-4-8(9)13(18,19)20/h3-6,11,21H,1-2H3,(H,22,23)/t11-/m0/s1. The summed E-state index contributed by atoms with van der Waals surface area (Å²) in [7, 11) is 0. The Bertz CT molecular complexity index is 573. The van der Waals surface area contributed by atoms with Crippen LogP contribution in [0.25, 0.3) is 0 Å². The Hall–Kier alpha value is -0.560. The van der Waals surface area contributed by atoms with Crippen LogP contribution in [0.2, 0.25) is 5.02 Å². The summed E-state index contributed by atoms with van der Waals surface area (Å²) >= 11 is 23.0. The Morgan fingerprint density at radius 1 is 1.17 bits per heavy atom. The topological polar surface area (TPSA) is 41.1 Å². The van der Waals surface area contributed by atoms with Crippen LogP contribution in [0.15, 0.2) is 18.2 Å². The first-order chi connectivity index (χ1) is 10.3. The maximum Gasteiger partial charge on any atom is 0.418 e. The molecule has 1 aromatic rings. The molecule has 3 nitrogen and oxygen atoms in total. The van der Waals surface area contributed by atoms with E-state index in [1.807, 2.05) is 0 Å². The van der Waals surface area contributed by atoms with E-state index in [1.165, 1.54) is 0 Å². The Morgan fingerprint density at radius 2 is 1.74 bits per heavy atom. The molecule has 0 saturated carbocycles. The summed E-state index contributed by atoms with van der Waals surface area (Å²) in [6.07, 6.45) is -6.03. The van der Waals surface area contributed by atoms with Gasteiger partial charge in [0.15, 0.2) is 0 Å². The summed E-state index contributed by atoms with van der Waals surface area (Å²) < 4.78 is 37.1. The van der Waals surface area contributed by atoms with E-state index in [1.54, 1.807) is 13.8 Å². The lowest BCUT2D eigenvalue weighted by Gasteiger charge is -2.29. The minimum absolute atomic E-state index is 0.0544. The van der Waals surface area contributed by atoms with E-state index in [9.17, 15) is 18.0 Å². The number of amides is 1. The van der Waals surface area contributed by atoms with Gasteiger partial charge in [-0.05, 0) is 18.2 Å². The van der Waals surface area contributed by atoms with Gasteiger partial charge in [0.1, 0.15) is 6.17 Å². The predicted octanol–water partition coefficient (Wildman–Crippen LogP) is 5.24. The van der Waals surface area contributed by atoms with Crippen molar-refractivity contribution in [3.8, 4) is 0 Å². The van der Waals surface area contributed by atoms with E-state index in [4.69, 9.17) is 46.4 Å². The third kappa shape index (κ3) is 6.10. The highest BCUT2D eigenvalue weighted by atomic mass is 35.6. The van der Waals surface area contributed by atoms with E-state index in [0.29, 0.717) is 0 Å². The number of hydrogen-bond donors (Lipinski definition) is 2. The zero-order valence-electron chi connectivity index (χ0n) is 11.9. The molecule has 0 bridgehead atoms. The number of carbonyl (C=O) groups is 1. The third-order valence-corrected chi connectivity index (χ3v) is 3.61. The molecule has 0 aliphatic heterocycles. The van der Waals surface area contributed by atoms with Crippen molar-refractivity contribution < 1.29 is 18.0 Å². The molecular formula is C13H13Cl4F3N2O. The van der Waals surface area contributed by atoms with E-state index in [0.717, 1.165) is 18.2 Å². The van der Waals surface area contributed by atoms with Crippen LogP contribution in [0.5, 0.6) is 0 Å². The Labute approximate surface area is 151 Å². The zero-order valence-corrected chi connectivity index (χ0v) is 15.0. The Balaban J connectivity index is 3.18. The normalized spacial score (nSPS) is 13.8. The lowest BCUT2D eigenvalue weighted by atomic mass is 10.1. The molecular weight excluding hydrogens is 399 g/mol. The molecule has 0 aromatic heterocycles. The fraction of sp³-hybridized carbons (Fsp3) is 0.462. The molecule has 0 fully saturated rings. The molecule has 10 heteroatoms. The summed E-state index contributed by atoms with van der Waals surface area (Å²) in [4.78, 5) is 11.8. The van der Waals surface area contributed by atoms with Crippen LogP contribution in [-0.2, 0) is 11.0 Å². The molecule has 130 valence electrons. The molecule has 1 rings (SSSR count). The minimum Gasteiger partial charge on any atom is -0.361 e. The molecule has 0 aliphatic rings. The largest absolute Gasteiger partial charge is 0.418 e. The van der Waals surface area contributed by atoms with Gasteiger partial charge in [-0.1, -0.05) is 60.3 Å². The summed E-state index contributed by atoms with van der Waals surface area (Å²) in [5, 5.41) is 4.79. The fourth-order valence-corrected chi connectivity index (χ4v) is 2.05. The van der Waals surface area contributed by atoms with Gasteiger partial charge in [-0.2, -0.15) is 13.2 Å². The van der Waals surface area contributed by atoms with Gasteiger partial charge >= 0.3 is 6.18 Å². The second kappa shape index (κ2) is 7.55. The predicted molar refractivity (Wildman–Crippen MR) is 87.1 cm³/mol. The van der Waals surface area contributed by atoms with Gasteiger partial charge in [0.2, 0.25) is 9.70 Å². The van der Waals surface area contributed by atoms with Crippen molar-refractivity contribution in [2.75, 3.05) is 5.32 Å². The molecule has 1 amide bonds. The fourth-order valence-electron chi connectivity index (χ4n) is 1.55. The van der Waals surface area contributed by atoms with Crippen LogP contribution >= 0.6 is 46.4 Å². The number of alkyl halides is 6. The van der Waals surface area contributed by atoms with E-state index >= 15 is 0 Å². The van der Waals surface area contributed by atoms with Gasteiger partial charge in [0.05, 0.1) is 5.56 Å². The number of carbonyl (C=O) groups excluding carboxylic acids is 1. The molecule has 0 aliphatic carbocycles. The number of halogens is 7. The van der Waals surface area contributed by atoms with Crippen molar-refractivity contribution in [1.82, 2.24) is 5.32 Å². The molecule has 0 unspecified atom stereocenters. The van der Waals surface area contributed by atoms with Gasteiger partial charge in [0, 0.05) is 16.6 Å². The van der Waals surface area contributed by atoms with Crippen molar-refractivity contribution in [3.05, 3.63) is 28.8 Å². The van der Waals surface area contributed by atoms with Gasteiger partial charge < -0.3 is 10.6 Å². The first-order valence-corrected chi connectivity index (χ1v) is 7.84. The first kappa shape index (κ1) is 20.5. The maximum atomic E-state index is 13.0. The van der Waals surface area contributed by atoms with Crippen molar-refractivity contribution in [1.29, 1.82) is 0 Å². The van der Waals surface area contributed by atoms with Crippen LogP contribution in [0.4, 0.5) is 18.9 Å². The van der Waals surface area contributed by atoms with Crippen molar-refractivity contribution in [2.24, 2.45) is 5.92 Å². The monoisotopic (exact) mass is 410 g/mol. The molecule has 23 heavy (non-hydrogen) atoms. The average molecular weight is 412 g/mol. The highest BCUT2D eigenvalue weighted by molar-refractivity contribution is 6.68. The summed E-state index contributed by atoms with van der Waals surface area (Å²) in [5.41, 5.74) is -1.41. The van der Waals surface area contributed by atoms with E-state index < -0.39 is 39.2 Å². The van der Waals surface area contributed by atoms with Crippen LogP contribution < -0.4 is 10.6 Å². The lowest BCUT2D eigenvalue weighted by Crippen LogP contribution is -2.50. The van der Waals surface area contributed by atoms with E-state index in [-0.39, 0.29) is 5.02 Å². The molecule has 0 saturated heterocycles. The van der Waals surface area contributed by atoms with Gasteiger partial charge in [-0.25, -0.2) is 0 Å². The molecule has 0 spiro atoms. The molecule has 1 atom stereocenters. The number of nitrogens with one attached hydrogen (secondary N) is 2. The maximum absolute atomic E-state index is 13.0. The summed E-state index contributed by atoms with van der Waals surface area (Å²) in [5.74, 6) is -0.947. The number of benzene rings is 1. The molecule has 1 aromatic carbocycles. The third-order valence-electron chi connectivity index (χ3n) is 2.73. The van der Waals surface area contributed by atoms with Crippen molar-refractivity contribution in [2.45, 2.75) is 30.0 Å². The zero-order chi connectivity index (χ0) is 18.0. The Kier molecular flexibility index (Phi) is 6.73. The number of anilines is 1. The molecule has 0 heterocycles. The molecule has 0 radical (unpaired) electrons. The van der Waals surface area contributed by atoms with Gasteiger partial charge in [-0.3, -0.25) is 4.79 Å². The van der Waals surface area contributed by atoms with Gasteiger partial charge in [0.25, 0.3) is 0 Å². The molecule has 2 N–H and O–H groups in total. The highest BCUT2D eigenvalue weighted by Gasteiger charge is 2.38. The average Bonchev–Trinajstić information content (AvgIpc) is 2.35. The minimum atomic E-state index is -4.65. The lowest BCUT2D eigenvalue weighted by molar-refractivity contribution is -0.137. The van der Waals surface area contributed by atoms with E-state index in [2.05, 4.69) is 10.6 Å². The van der Waals surface area contributed by atoms with Crippen molar-refractivity contribution >= 4 is 58.0 Å². The van der Waals surface area contributed by atoms with Crippen LogP contribution in [0, 0.1) is 5.92 Å². The quantitative estimate of drug-likeness (QED) is 0.525. The number of rotatable bonds is 4. The SMILES string of the molecule is CC(C)C(=O)N[C@H](Nc1cc(Cl)ccc1C(F)(F)F)C(Cl)(Cl)Cl.